The lowest BCUT2D eigenvalue weighted by Gasteiger charge is -2.29. The smallest absolute Gasteiger partial charge is 0.381 e. The highest BCUT2D eigenvalue weighted by atomic mass is 35.5. The van der Waals surface area contributed by atoms with Gasteiger partial charge in [-0.3, -0.25) is 0 Å². The molecule has 156 valence electrons. The van der Waals surface area contributed by atoms with Gasteiger partial charge < -0.3 is 14.5 Å². The number of anilines is 1. The standard InChI is InChI=1S/C19H26ClF3N4O/c1-26(17-8-16(19(21,22)23)18(20)25-24-17)15-6-13-10-27(11-14(13)7-15)9-12-2-4-28-5-3-12/h8,12-15H,2-7,9-11H2,1H3/t13-,14+,15?/i1D3. The maximum atomic E-state index is 13.3. The summed E-state index contributed by atoms with van der Waals surface area (Å²) in [6.07, 6.45) is -1.38. The molecule has 1 aromatic heterocycles. The van der Waals surface area contributed by atoms with E-state index in [1.165, 1.54) is 0 Å². The van der Waals surface area contributed by atoms with Crippen LogP contribution in [0.5, 0.6) is 0 Å². The number of alkyl halides is 3. The van der Waals surface area contributed by atoms with Gasteiger partial charge in [0.1, 0.15) is 0 Å². The van der Waals surface area contributed by atoms with Gasteiger partial charge in [0.2, 0.25) is 0 Å². The summed E-state index contributed by atoms with van der Waals surface area (Å²) in [5, 5.41) is 6.31. The van der Waals surface area contributed by atoms with Crippen LogP contribution in [0.3, 0.4) is 0 Å². The number of hydrogen-bond donors (Lipinski definition) is 0. The van der Waals surface area contributed by atoms with Gasteiger partial charge in [-0.2, -0.15) is 13.2 Å². The van der Waals surface area contributed by atoms with Crippen molar-refractivity contribution in [3.8, 4) is 0 Å². The zero-order valence-corrected chi connectivity index (χ0v) is 16.2. The van der Waals surface area contributed by atoms with Gasteiger partial charge in [0.05, 0.1) is 5.56 Å². The summed E-state index contributed by atoms with van der Waals surface area (Å²) in [6, 6.07) is 0.289. The highest BCUT2D eigenvalue weighted by Gasteiger charge is 2.43. The summed E-state index contributed by atoms with van der Waals surface area (Å²) in [4.78, 5) is 3.48. The Morgan fingerprint density at radius 3 is 2.54 bits per heavy atom. The molecule has 4 rings (SSSR count). The number of aromatic nitrogens is 2. The Morgan fingerprint density at radius 1 is 1.25 bits per heavy atom. The minimum absolute atomic E-state index is 0.305. The molecule has 28 heavy (non-hydrogen) atoms. The Balaban J connectivity index is 1.47. The van der Waals surface area contributed by atoms with E-state index in [-0.39, 0.29) is 5.82 Å². The molecule has 1 saturated carbocycles. The minimum atomic E-state index is -4.74. The number of rotatable bonds is 4. The van der Waals surface area contributed by atoms with Crippen LogP contribution in [0.2, 0.25) is 5.15 Å². The second-order valence-electron chi connectivity index (χ2n) is 8.19. The van der Waals surface area contributed by atoms with Crippen LogP contribution in [0, 0.1) is 17.8 Å². The Morgan fingerprint density at radius 2 is 1.93 bits per heavy atom. The second kappa shape index (κ2) is 7.95. The zero-order valence-electron chi connectivity index (χ0n) is 18.5. The van der Waals surface area contributed by atoms with Crippen molar-refractivity contribution in [3.05, 3.63) is 16.8 Å². The van der Waals surface area contributed by atoms with E-state index in [2.05, 4.69) is 15.1 Å². The SMILES string of the molecule is [2H]C([2H])([2H])N(c1cc(C(F)(F)F)c(Cl)nn1)C1C[C@@H]2CN(CC3CCOCC3)C[C@@H]2C1. The van der Waals surface area contributed by atoms with Crippen LogP contribution in [0.1, 0.15) is 35.4 Å². The van der Waals surface area contributed by atoms with Crippen LogP contribution in [0.25, 0.3) is 0 Å². The molecule has 0 amide bonds. The molecule has 3 fully saturated rings. The van der Waals surface area contributed by atoms with Crippen LogP contribution in [0.15, 0.2) is 6.07 Å². The van der Waals surface area contributed by atoms with E-state index in [0.717, 1.165) is 50.6 Å². The number of nitrogens with zero attached hydrogens (tertiary/aromatic N) is 4. The van der Waals surface area contributed by atoms with Gasteiger partial charge in [-0.05, 0) is 49.5 Å². The zero-order chi connectivity index (χ0) is 22.4. The first kappa shape index (κ1) is 16.7. The third-order valence-electron chi connectivity index (χ3n) is 6.31. The normalized spacial score (nSPS) is 31.3. The molecule has 0 spiro atoms. The van der Waals surface area contributed by atoms with Crippen molar-refractivity contribution in [3.63, 3.8) is 0 Å². The van der Waals surface area contributed by atoms with E-state index in [0.29, 0.717) is 36.7 Å². The third-order valence-corrected chi connectivity index (χ3v) is 6.59. The Kier molecular flexibility index (Phi) is 4.73. The summed E-state index contributed by atoms with van der Waals surface area (Å²) in [7, 11) is 0. The number of likely N-dealkylation sites (tertiary alicyclic amines) is 1. The van der Waals surface area contributed by atoms with E-state index in [1.807, 2.05) is 0 Å². The van der Waals surface area contributed by atoms with Crippen molar-refractivity contribution in [2.45, 2.75) is 37.9 Å². The number of hydrogen-bond acceptors (Lipinski definition) is 5. The van der Waals surface area contributed by atoms with Crippen LogP contribution < -0.4 is 4.90 Å². The third kappa shape index (κ3) is 4.24. The Hall–Kier alpha value is -1.12. The average Bonchev–Trinajstić information content (AvgIpc) is 3.20. The van der Waals surface area contributed by atoms with Crippen LogP contribution >= 0.6 is 11.6 Å². The molecular formula is C19H26ClF3N4O. The fourth-order valence-corrected chi connectivity index (χ4v) is 5.09. The molecule has 0 radical (unpaired) electrons. The van der Waals surface area contributed by atoms with E-state index >= 15 is 0 Å². The summed E-state index contributed by atoms with van der Waals surface area (Å²) >= 11 is 5.57. The first-order valence-corrected chi connectivity index (χ1v) is 10.1. The molecule has 0 aromatic carbocycles. The van der Waals surface area contributed by atoms with Gasteiger partial charge in [0, 0.05) is 50.0 Å². The molecule has 3 heterocycles. The van der Waals surface area contributed by atoms with Gasteiger partial charge in [0.15, 0.2) is 11.0 Å². The Labute approximate surface area is 172 Å². The van der Waals surface area contributed by atoms with E-state index in [1.54, 1.807) is 0 Å². The molecule has 9 heteroatoms. The van der Waals surface area contributed by atoms with Crippen molar-refractivity contribution >= 4 is 17.4 Å². The highest BCUT2D eigenvalue weighted by Crippen LogP contribution is 2.42. The highest BCUT2D eigenvalue weighted by molar-refractivity contribution is 6.30. The van der Waals surface area contributed by atoms with Crippen LogP contribution in [-0.2, 0) is 10.9 Å². The topological polar surface area (TPSA) is 41.5 Å². The fourth-order valence-electron chi connectivity index (χ4n) is 4.89. The number of fused-ring (bicyclic) bond motifs is 1. The van der Waals surface area contributed by atoms with E-state index in [9.17, 15) is 13.2 Å². The quantitative estimate of drug-likeness (QED) is 0.741. The molecule has 3 aliphatic rings. The monoisotopic (exact) mass is 421 g/mol. The van der Waals surface area contributed by atoms with Gasteiger partial charge in [-0.25, -0.2) is 0 Å². The molecule has 1 aromatic rings. The maximum Gasteiger partial charge on any atom is 0.419 e. The molecule has 1 unspecified atom stereocenters. The van der Waals surface area contributed by atoms with Gasteiger partial charge in [0.25, 0.3) is 0 Å². The molecule has 3 atom stereocenters. The predicted molar refractivity (Wildman–Crippen MR) is 100 cm³/mol. The molecule has 0 bridgehead atoms. The second-order valence-corrected chi connectivity index (χ2v) is 8.55. The largest absolute Gasteiger partial charge is 0.419 e. The van der Waals surface area contributed by atoms with Crippen LogP contribution in [-0.4, -0.2) is 61.0 Å². The first-order chi connectivity index (χ1) is 14.5. The summed E-state index contributed by atoms with van der Waals surface area (Å²) in [5.41, 5.74) is -1.17. The fraction of sp³-hybridized carbons (Fsp3) is 0.789. The molecule has 1 aliphatic carbocycles. The van der Waals surface area contributed by atoms with Gasteiger partial charge in [-0.15, -0.1) is 10.2 Å². The summed E-state index contributed by atoms with van der Waals surface area (Å²) in [6.45, 7) is 1.81. The van der Waals surface area contributed by atoms with E-state index < -0.39 is 29.9 Å². The molecule has 5 nitrogen and oxygen atoms in total. The first-order valence-electron chi connectivity index (χ1n) is 11.2. The van der Waals surface area contributed by atoms with Crippen molar-refractivity contribution in [2.24, 2.45) is 17.8 Å². The lowest BCUT2D eigenvalue weighted by atomic mass is 10.00. The van der Waals surface area contributed by atoms with Crippen molar-refractivity contribution in [1.29, 1.82) is 0 Å². The predicted octanol–water partition coefficient (Wildman–Crippen LogP) is 3.72. The molecular weight excluding hydrogens is 393 g/mol. The van der Waals surface area contributed by atoms with Gasteiger partial charge >= 0.3 is 6.18 Å². The summed E-state index contributed by atoms with van der Waals surface area (Å²) in [5.74, 6) is 0.988. The lowest BCUT2D eigenvalue weighted by Crippen LogP contribution is -2.35. The molecule has 2 saturated heterocycles. The van der Waals surface area contributed by atoms with E-state index in [4.69, 9.17) is 20.5 Å². The maximum absolute atomic E-state index is 13.3. The summed E-state index contributed by atoms with van der Waals surface area (Å²) < 4.78 is 69.0. The minimum Gasteiger partial charge on any atom is -0.381 e. The average molecular weight is 422 g/mol. The number of ether oxygens (including phenoxy) is 1. The van der Waals surface area contributed by atoms with Crippen molar-refractivity contribution in [1.82, 2.24) is 15.1 Å². The van der Waals surface area contributed by atoms with Crippen molar-refractivity contribution in [2.75, 3.05) is 44.7 Å². The van der Waals surface area contributed by atoms with Crippen LogP contribution in [0.4, 0.5) is 19.0 Å². The lowest BCUT2D eigenvalue weighted by molar-refractivity contribution is -0.137. The van der Waals surface area contributed by atoms with Crippen molar-refractivity contribution < 1.29 is 22.0 Å². The Bertz CT molecular complexity index is 778. The molecule has 2 aliphatic heterocycles. The van der Waals surface area contributed by atoms with Gasteiger partial charge in [-0.1, -0.05) is 11.6 Å². The number of halogens is 4. The molecule has 0 N–H and O–H groups in total.